The topological polar surface area (TPSA) is 77.8 Å². The van der Waals surface area contributed by atoms with Crippen LogP contribution < -0.4 is 0 Å². The van der Waals surface area contributed by atoms with Crippen molar-refractivity contribution >= 4 is 14.3 Å². The highest BCUT2D eigenvalue weighted by molar-refractivity contribution is 6.73. The summed E-state index contributed by atoms with van der Waals surface area (Å²) in [6, 6.07) is 5.54. The molecule has 0 aromatic rings. The molecule has 0 N–H and O–H groups in total. The Hall–Kier alpha value is -1.20. The highest BCUT2D eigenvalue weighted by atomic mass is 28.4. The average molecular weight is 478 g/mol. The van der Waals surface area contributed by atoms with E-state index in [0.29, 0.717) is 43.3 Å². The lowest BCUT2D eigenvalue weighted by Gasteiger charge is -2.53. The Morgan fingerprint density at radius 3 is 2.21 bits per heavy atom. The smallest absolute Gasteiger partial charge is 0.307 e. The number of nitrogens with zero attached hydrogens (tertiary/aromatic N) is 1. The lowest BCUT2D eigenvalue weighted by Crippen LogP contribution is -2.60. The van der Waals surface area contributed by atoms with Gasteiger partial charge in [-0.15, -0.1) is 0 Å². The number of allylic oxidation sites excluding steroid dienone is 1. The first-order chi connectivity index (χ1) is 15.8. The van der Waals surface area contributed by atoms with Gasteiger partial charge in [0.1, 0.15) is 5.76 Å². The molecular formula is C26H43NO5Si. The number of hydrogen-bond acceptors (Lipinski definition) is 6. The minimum atomic E-state index is -1.98. The molecule has 0 aromatic carbocycles. The van der Waals surface area contributed by atoms with Gasteiger partial charge in [0.15, 0.2) is 14.1 Å². The molecule has 2 aliphatic carbocycles. The van der Waals surface area contributed by atoms with Crippen molar-refractivity contribution in [2.24, 2.45) is 11.3 Å². The van der Waals surface area contributed by atoms with Crippen LogP contribution in [-0.2, 0) is 23.4 Å². The Bertz CT molecular complexity index is 751. The number of esters is 1. The second kappa shape index (κ2) is 11.0. The predicted octanol–water partition coefficient (Wildman–Crippen LogP) is 6.23. The Labute approximate surface area is 201 Å². The number of carbonyl (C=O) groups excluding carboxylic acids is 1. The molecule has 0 amide bonds. The zero-order valence-electron chi connectivity index (χ0n) is 21.3. The summed E-state index contributed by atoms with van der Waals surface area (Å²) in [4.78, 5) is 11.9. The molecule has 6 nitrogen and oxygen atoms in total. The third-order valence-electron chi connectivity index (χ3n) is 8.61. The average Bonchev–Trinajstić information content (AvgIpc) is 3.29. The lowest BCUT2D eigenvalue weighted by molar-refractivity contribution is -0.256. The largest absolute Gasteiger partial charge is 0.430 e. The second-order valence-electron chi connectivity index (χ2n) is 10.3. The molecule has 186 valence electrons. The van der Waals surface area contributed by atoms with Crippen LogP contribution >= 0.6 is 0 Å². The Balaban J connectivity index is 2.11. The summed E-state index contributed by atoms with van der Waals surface area (Å²) in [6.07, 6.45) is 7.82. The summed E-state index contributed by atoms with van der Waals surface area (Å²) in [5.41, 5.74) is -0.367. The third kappa shape index (κ3) is 5.10. The molecule has 0 bridgehead atoms. The van der Waals surface area contributed by atoms with E-state index < -0.39 is 25.5 Å². The van der Waals surface area contributed by atoms with Crippen LogP contribution in [0.15, 0.2) is 11.3 Å². The first-order valence-corrected chi connectivity index (χ1v) is 15.6. The fourth-order valence-electron chi connectivity index (χ4n) is 6.35. The highest BCUT2D eigenvalue weighted by Crippen LogP contribution is 2.56. The Morgan fingerprint density at radius 1 is 1.09 bits per heavy atom. The molecule has 1 heterocycles. The molecule has 1 aliphatic heterocycles. The minimum absolute atomic E-state index is 0.209. The van der Waals surface area contributed by atoms with Crippen molar-refractivity contribution in [1.82, 2.24) is 0 Å². The SMILES string of the molecule is CC[Si](CC)(CC)O[C@H]1CCC(OC(C)=O)=C(C#N)[C@]1(C)C1(CC2CCCCC2)OCCO1. The van der Waals surface area contributed by atoms with Crippen LogP contribution in [0, 0.1) is 22.7 Å². The number of rotatable bonds is 9. The number of hydrogen-bond donors (Lipinski definition) is 0. The van der Waals surface area contributed by atoms with Gasteiger partial charge in [-0.3, -0.25) is 4.79 Å². The van der Waals surface area contributed by atoms with E-state index in [2.05, 4.69) is 33.8 Å². The molecule has 1 saturated carbocycles. The van der Waals surface area contributed by atoms with Crippen LogP contribution in [-0.4, -0.2) is 39.4 Å². The molecule has 1 saturated heterocycles. The van der Waals surface area contributed by atoms with E-state index in [1.807, 2.05) is 0 Å². The minimum Gasteiger partial charge on any atom is -0.430 e. The summed E-state index contributed by atoms with van der Waals surface area (Å²) in [7, 11) is -1.98. The molecule has 0 radical (unpaired) electrons. The Morgan fingerprint density at radius 2 is 1.70 bits per heavy atom. The van der Waals surface area contributed by atoms with Crippen molar-refractivity contribution in [1.29, 1.82) is 5.26 Å². The fraction of sp³-hybridized carbons (Fsp3) is 0.846. The summed E-state index contributed by atoms with van der Waals surface area (Å²) in [6.45, 7) is 11.2. The zero-order valence-corrected chi connectivity index (χ0v) is 22.3. The van der Waals surface area contributed by atoms with Gasteiger partial charge in [-0.2, -0.15) is 5.26 Å². The quantitative estimate of drug-likeness (QED) is 0.289. The maximum Gasteiger partial charge on any atom is 0.307 e. The fourth-order valence-corrected chi connectivity index (χ4v) is 9.31. The Kier molecular flexibility index (Phi) is 8.82. The number of ether oxygens (including phenoxy) is 3. The second-order valence-corrected chi connectivity index (χ2v) is 15.0. The van der Waals surface area contributed by atoms with Crippen LogP contribution in [0.2, 0.25) is 18.1 Å². The van der Waals surface area contributed by atoms with Crippen molar-refractivity contribution in [2.45, 2.75) is 116 Å². The van der Waals surface area contributed by atoms with E-state index in [4.69, 9.17) is 18.6 Å². The van der Waals surface area contributed by atoms with Gasteiger partial charge < -0.3 is 18.6 Å². The molecule has 2 atom stereocenters. The monoisotopic (exact) mass is 477 g/mol. The first kappa shape index (κ1) is 26.4. The van der Waals surface area contributed by atoms with Crippen LogP contribution in [0.4, 0.5) is 0 Å². The predicted molar refractivity (Wildman–Crippen MR) is 130 cm³/mol. The van der Waals surface area contributed by atoms with Crippen molar-refractivity contribution in [3.63, 3.8) is 0 Å². The molecule has 7 heteroatoms. The van der Waals surface area contributed by atoms with E-state index in [1.165, 1.54) is 26.2 Å². The standard InChI is InChI=1S/C26H43NO5Si/c1-6-33(7-2,8-3)32-24-15-14-23(31-20(4)28)22(19-27)25(24,5)26(29-16-17-30-26)18-21-12-10-9-11-13-21/h21,24H,6-18H2,1-5H3/t24-,25-/m0/s1. The maximum absolute atomic E-state index is 11.9. The third-order valence-corrected chi connectivity index (χ3v) is 13.3. The van der Waals surface area contributed by atoms with Crippen molar-refractivity contribution in [3.8, 4) is 6.07 Å². The lowest BCUT2D eigenvalue weighted by atomic mass is 9.63. The van der Waals surface area contributed by atoms with Crippen molar-refractivity contribution < 1.29 is 23.4 Å². The summed E-state index contributed by atoms with van der Waals surface area (Å²) >= 11 is 0. The molecule has 2 fully saturated rings. The van der Waals surface area contributed by atoms with Gasteiger partial charge >= 0.3 is 5.97 Å². The van der Waals surface area contributed by atoms with E-state index in [1.54, 1.807) is 0 Å². The van der Waals surface area contributed by atoms with Crippen LogP contribution in [0.3, 0.4) is 0 Å². The molecule has 3 rings (SSSR count). The van der Waals surface area contributed by atoms with Crippen molar-refractivity contribution in [2.75, 3.05) is 13.2 Å². The zero-order chi connectivity index (χ0) is 24.1. The maximum atomic E-state index is 11.9. The van der Waals surface area contributed by atoms with Gasteiger partial charge in [0.05, 0.1) is 36.4 Å². The van der Waals surface area contributed by atoms with E-state index >= 15 is 0 Å². The molecule has 33 heavy (non-hydrogen) atoms. The van der Waals surface area contributed by atoms with Gasteiger partial charge in [0.25, 0.3) is 0 Å². The molecule has 3 aliphatic rings. The summed E-state index contributed by atoms with van der Waals surface area (Å²) < 4.78 is 25.7. The highest BCUT2D eigenvalue weighted by Gasteiger charge is 2.63. The molecule has 0 spiro atoms. The van der Waals surface area contributed by atoms with E-state index in [9.17, 15) is 10.1 Å². The van der Waals surface area contributed by atoms with Crippen LogP contribution in [0.5, 0.6) is 0 Å². The molecule has 0 unspecified atom stereocenters. The van der Waals surface area contributed by atoms with E-state index in [-0.39, 0.29) is 6.10 Å². The number of nitriles is 1. The summed E-state index contributed by atoms with van der Waals surface area (Å²) in [5.74, 6) is -0.370. The van der Waals surface area contributed by atoms with E-state index in [0.717, 1.165) is 37.4 Å². The van der Waals surface area contributed by atoms with Crippen molar-refractivity contribution in [3.05, 3.63) is 11.3 Å². The first-order valence-electron chi connectivity index (χ1n) is 13.1. The number of carbonyl (C=O) groups is 1. The van der Waals surface area contributed by atoms with Gasteiger partial charge in [-0.1, -0.05) is 52.9 Å². The summed E-state index contributed by atoms with van der Waals surface area (Å²) in [5, 5.41) is 10.4. The molecular weight excluding hydrogens is 434 g/mol. The van der Waals surface area contributed by atoms with Crippen LogP contribution in [0.25, 0.3) is 0 Å². The van der Waals surface area contributed by atoms with Gasteiger partial charge in [0.2, 0.25) is 0 Å². The normalized spacial score (nSPS) is 28.5. The van der Waals surface area contributed by atoms with Gasteiger partial charge in [-0.05, 0) is 37.4 Å². The van der Waals surface area contributed by atoms with Crippen LogP contribution in [0.1, 0.15) is 86.0 Å². The molecule has 0 aromatic heterocycles. The van der Waals surface area contributed by atoms with Gasteiger partial charge in [0, 0.05) is 19.8 Å². The van der Waals surface area contributed by atoms with Gasteiger partial charge in [-0.25, -0.2) is 0 Å².